The van der Waals surface area contributed by atoms with Crippen LogP contribution in [0.3, 0.4) is 0 Å². The molecular weight excluding hydrogens is 364 g/mol. The Morgan fingerprint density at radius 3 is 2.25 bits per heavy atom. The molecule has 1 fully saturated rings. The van der Waals surface area contributed by atoms with Gasteiger partial charge in [-0.1, -0.05) is 46.5 Å². The van der Waals surface area contributed by atoms with Gasteiger partial charge in [-0.2, -0.15) is 4.90 Å². The molecule has 1 saturated carbocycles. The molecule has 0 aromatic rings. The minimum absolute atomic E-state index is 0.202. The Balaban J connectivity index is 3.16. The van der Waals surface area contributed by atoms with Gasteiger partial charge in [0.1, 0.15) is 0 Å². The Kier molecular flexibility index (Phi) is 9.03. The van der Waals surface area contributed by atoms with Crippen molar-refractivity contribution in [3.8, 4) is 0 Å². The summed E-state index contributed by atoms with van der Waals surface area (Å²) in [6.45, 7) is 6.85. The van der Waals surface area contributed by atoms with Crippen molar-refractivity contribution in [2.75, 3.05) is 13.1 Å². The van der Waals surface area contributed by atoms with Crippen LogP contribution in [0.25, 0.3) is 0 Å². The van der Waals surface area contributed by atoms with Gasteiger partial charge in [0.25, 0.3) is 5.91 Å². The van der Waals surface area contributed by atoms with Gasteiger partial charge in [0.15, 0.2) is 0 Å². The maximum atomic E-state index is 13.2. The molecule has 4 N–H and O–H groups in total. The second kappa shape index (κ2) is 10.5. The van der Waals surface area contributed by atoms with Crippen molar-refractivity contribution in [1.29, 1.82) is 0 Å². The summed E-state index contributed by atoms with van der Waals surface area (Å²) >= 11 is 0. The van der Waals surface area contributed by atoms with Crippen LogP contribution < -0.4 is 11.1 Å². The Labute approximate surface area is 166 Å². The van der Waals surface area contributed by atoms with Crippen molar-refractivity contribution in [3.63, 3.8) is 0 Å². The van der Waals surface area contributed by atoms with Crippen LogP contribution in [0.15, 0.2) is 0 Å². The molecule has 0 radical (unpaired) electrons. The number of hydrogen-bond donors (Lipinski definition) is 3. The van der Waals surface area contributed by atoms with E-state index in [1.165, 1.54) is 0 Å². The molecule has 5 amide bonds. The summed E-state index contributed by atoms with van der Waals surface area (Å²) in [5, 5.41) is 12.5. The smallest absolute Gasteiger partial charge is 0.331 e. The number of nitrogens with one attached hydrogen (secondary N) is 1. The van der Waals surface area contributed by atoms with E-state index in [-0.39, 0.29) is 25.4 Å². The highest BCUT2D eigenvalue weighted by molar-refractivity contribution is 6.12. The van der Waals surface area contributed by atoms with Gasteiger partial charge < -0.3 is 11.1 Å². The van der Waals surface area contributed by atoms with Gasteiger partial charge >= 0.3 is 6.03 Å². The molecule has 0 bridgehead atoms. The van der Waals surface area contributed by atoms with Crippen LogP contribution >= 0.6 is 0 Å². The summed E-state index contributed by atoms with van der Waals surface area (Å²) in [5.74, 6) is -2.17. The standard InChI is InChI=1S/C19H34N4O5/c1-5-21-18(27)23(17(26)15(20)19(2,3)4)16(25)14(11-22(28)12-24)10-13-8-6-7-9-13/h12-15,28H,5-11,20H2,1-4H3,(H,21,27)/t14-,15-/m1/s1. The van der Waals surface area contributed by atoms with Crippen molar-refractivity contribution in [1.82, 2.24) is 15.3 Å². The van der Waals surface area contributed by atoms with Crippen LogP contribution in [0.1, 0.15) is 59.8 Å². The number of hydroxylamine groups is 2. The monoisotopic (exact) mass is 398 g/mol. The van der Waals surface area contributed by atoms with Crippen LogP contribution in [-0.2, 0) is 14.4 Å². The zero-order valence-corrected chi connectivity index (χ0v) is 17.3. The summed E-state index contributed by atoms with van der Waals surface area (Å²) in [4.78, 5) is 50.1. The number of carbonyl (C=O) groups is 4. The van der Waals surface area contributed by atoms with Gasteiger partial charge in [-0.15, -0.1) is 0 Å². The zero-order chi connectivity index (χ0) is 21.5. The van der Waals surface area contributed by atoms with Gasteiger partial charge in [0.2, 0.25) is 12.3 Å². The van der Waals surface area contributed by atoms with E-state index in [0.29, 0.717) is 16.4 Å². The molecule has 0 aromatic heterocycles. The van der Waals surface area contributed by atoms with E-state index < -0.39 is 35.2 Å². The van der Waals surface area contributed by atoms with E-state index in [4.69, 9.17) is 5.73 Å². The molecule has 0 aliphatic heterocycles. The fourth-order valence-electron chi connectivity index (χ4n) is 3.40. The number of amides is 5. The predicted molar refractivity (Wildman–Crippen MR) is 103 cm³/mol. The summed E-state index contributed by atoms with van der Waals surface area (Å²) < 4.78 is 0. The highest BCUT2D eigenvalue weighted by Gasteiger charge is 2.41. The molecule has 9 nitrogen and oxygen atoms in total. The number of urea groups is 1. The maximum absolute atomic E-state index is 13.2. The van der Waals surface area contributed by atoms with E-state index in [2.05, 4.69) is 5.32 Å². The Hall–Kier alpha value is -2.00. The molecule has 160 valence electrons. The van der Waals surface area contributed by atoms with E-state index in [9.17, 15) is 24.4 Å². The van der Waals surface area contributed by atoms with E-state index in [1.54, 1.807) is 27.7 Å². The van der Waals surface area contributed by atoms with Crippen molar-refractivity contribution in [2.45, 2.75) is 65.8 Å². The number of imide groups is 3. The van der Waals surface area contributed by atoms with E-state index in [0.717, 1.165) is 25.7 Å². The minimum Gasteiger partial charge on any atom is -0.338 e. The van der Waals surface area contributed by atoms with Gasteiger partial charge in [0, 0.05) is 6.54 Å². The Morgan fingerprint density at radius 1 is 1.21 bits per heavy atom. The summed E-state index contributed by atoms with van der Waals surface area (Å²) in [7, 11) is 0. The largest absolute Gasteiger partial charge is 0.338 e. The van der Waals surface area contributed by atoms with Gasteiger partial charge in [0.05, 0.1) is 18.5 Å². The Morgan fingerprint density at radius 2 is 1.79 bits per heavy atom. The fraction of sp³-hybridized carbons (Fsp3) is 0.789. The van der Waals surface area contributed by atoms with Crippen LogP contribution in [0.4, 0.5) is 4.79 Å². The number of nitrogens with zero attached hydrogens (tertiary/aromatic N) is 2. The van der Waals surface area contributed by atoms with Gasteiger partial charge in [-0.05, 0) is 24.7 Å². The zero-order valence-electron chi connectivity index (χ0n) is 17.3. The summed E-state index contributed by atoms with van der Waals surface area (Å²) in [6.07, 6.45) is 4.57. The lowest BCUT2D eigenvalue weighted by atomic mass is 9.86. The molecule has 1 aliphatic rings. The van der Waals surface area contributed by atoms with Crippen molar-refractivity contribution in [2.24, 2.45) is 23.0 Å². The van der Waals surface area contributed by atoms with Crippen LogP contribution in [-0.4, -0.2) is 58.6 Å². The third-order valence-electron chi connectivity index (χ3n) is 5.14. The maximum Gasteiger partial charge on any atom is 0.331 e. The number of carbonyl (C=O) groups excluding carboxylic acids is 4. The lowest BCUT2D eigenvalue weighted by molar-refractivity contribution is -0.158. The van der Waals surface area contributed by atoms with Crippen molar-refractivity contribution >= 4 is 24.3 Å². The second-order valence-electron chi connectivity index (χ2n) is 8.50. The van der Waals surface area contributed by atoms with Crippen molar-refractivity contribution in [3.05, 3.63) is 0 Å². The predicted octanol–water partition coefficient (Wildman–Crippen LogP) is 1.49. The molecule has 0 aromatic carbocycles. The molecule has 0 spiro atoms. The third kappa shape index (κ3) is 6.56. The first-order valence-electron chi connectivity index (χ1n) is 9.84. The first-order chi connectivity index (χ1) is 13.0. The fourth-order valence-corrected chi connectivity index (χ4v) is 3.40. The first-order valence-corrected chi connectivity index (χ1v) is 9.84. The molecule has 0 heterocycles. The van der Waals surface area contributed by atoms with Crippen LogP contribution in [0, 0.1) is 17.3 Å². The minimum atomic E-state index is -1.07. The second-order valence-corrected chi connectivity index (χ2v) is 8.50. The Bertz CT molecular complexity index is 569. The SMILES string of the molecule is CCNC(=O)N(C(=O)[C@H](CC1CCCC1)CN(O)C=O)C(=O)[C@@H](N)C(C)(C)C. The van der Waals surface area contributed by atoms with Crippen LogP contribution in [0.5, 0.6) is 0 Å². The van der Waals surface area contributed by atoms with E-state index >= 15 is 0 Å². The van der Waals surface area contributed by atoms with Gasteiger partial charge in [-0.25, -0.2) is 9.86 Å². The lowest BCUT2D eigenvalue weighted by Crippen LogP contribution is -2.58. The number of rotatable bonds is 8. The molecule has 0 unspecified atom stereocenters. The first kappa shape index (κ1) is 24.0. The quantitative estimate of drug-likeness (QED) is 0.322. The summed E-state index contributed by atoms with van der Waals surface area (Å²) in [5.41, 5.74) is 5.36. The molecular formula is C19H34N4O5. The van der Waals surface area contributed by atoms with Crippen LogP contribution in [0.2, 0.25) is 0 Å². The molecule has 1 rings (SSSR count). The highest BCUT2D eigenvalue weighted by Crippen LogP contribution is 2.31. The normalized spacial score (nSPS) is 16.9. The van der Waals surface area contributed by atoms with Crippen molar-refractivity contribution < 1.29 is 24.4 Å². The topological polar surface area (TPSA) is 133 Å². The molecule has 1 aliphatic carbocycles. The molecule has 28 heavy (non-hydrogen) atoms. The van der Waals surface area contributed by atoms with E-state index in [1.807, 2.05) is 0 Å². The molecule has 9 heteroatoms. The average Bonchev–Trinajstić information content (AvgIpc) is 3.12. The highest BCUT2D eigenvalue weighted by atomic mass is 16.5. The summed E-state index contributed by atoms with van der Waals surface area (Å²) in [6, 6.07) is -1.91. The van der Waals surface area contributed by atoms with Gasteiger partial charge in [-0.3, -0.25) is 19.6 Å². The lowest BCUT2D eigenvalue weighted by Gasteiger charge is -2.32. The average molecular weight is 399 g/mol. The molecule has 2 atom stereocenters. The molecule has 0 saturated heterocycles. The number of nitrogens with two attached hydrogens (primary N) is 1. The number of hydrogen-bond acceptors (Lipinski definition) is 6. The third-order valence-corrected chi connectivity index (χ3v) is 5.14.